The average Bonchev–Trinajstić information content (AvgIpc) is 2.49. The van der Waals surface area contributed by atoms with Gasteiger partial charge in [-0.25, -0.2) is 9.50 Å². The van der Waals surface area contributed by atoms with Crippen LogP contribution in [0.1, 0.15) is 13.8 Å². The van der Waals surface area contributed by atoms with E-state index in [1.54, 1.807) is 10.7 Å². The van der Waals surface area contributed by atoms with E-state index in [9.17, 15) is 0 Å². The minimum Gasteiger partial charge on any atom is -0.368 e. The highest BCUT2D eigenvalue weighted by molar-refractivity contribution is 5.45. The summed E-state index contributed by atoms with van der Waals surface area (Å²) in [5, 5.41) is 7.30. The molecule has 0 saturated carbocycles. The molecule has 4 nitrogen and oxygen atoms in total. The van der Waals surface area contributed by atoms with Crippen LogP contribution < -0.4 is 5.32 Å². The smallest absolute Gasteiger partial charge is 0.157 e. The first-order valence-corrected chi connectivity index (χ1v) is 4.32. The third kappa shape index (κ3) is 1.61. The van der Waals surface area contributed by atoms with Gasteiger partial charge in [-0.05, 0) is 19.9 Å². The standard InChI is InChI=1S/C9H12N4/c1-7(2)11-8-4-6-13-9(12-8)3-5-10-13/h3-7H,1-2H3,(H,11,12). The van der Waals surface area contributed by atoms with Gasteiger partial charge in [-0.3, -0.25) is 0 Å². The van der Waals surface area contributed by atoms with Crippen LogP contribution in [0.5, 0.6) is 0 Å². The van der Waals surface area contributed by atoms with E-state index < -0.39 is 0 Å². The Morgan fingerprint density at radius 2 is 2.23 bits per heavy atom. The number of anilines is 1. The van der Waals surface area contributed by atoms with Gasteiger partial charge in [-0.1, -0.05) is 0 Å². The summed E-state index contributed by atoms with van der Waals surface area (Å²) < 4.78 is 1.74. The lowest BCUT2D eigenvalue weighted by molar-refractivity contribution is 0.879. The van der Waals surface area contributed by atoms with Crippen LogP contribution in [0.3, 0.4) is 0 Å². The third-order valence-electron chi connectivity index (χ3n) is 1.69. The summed E-state index contributed by atoms with van der Waals surface area (Å²) in [6, 6.07) is 4.20. The van der Waals surface area contributed by atoms with Crippen molar-refractivity contribution >= 4 is 11.5 Å². The van der Waals surface area contributed by atoms with Crippen molar-refractivity contribution in [2.24, 2.45) is 0 Å². The molecule has 13 heavy (non-hydrogen) atoms. The molecule has 4 heteroatoms. The second kappa shape index (κ2) is 3.05. The molecule has 0 bridgehead atoms. The normalized spacial score (nSPS) is 11.0. The number of nitrogens with one attached hydrogen (secondary N) is 1. The fraction of sp³-hybridized carbons (Fsp3) is 0.333. The van der Waals surface area contributed by atoms with Gasteiger partial charge in [0.1, 0.15) is 5.82 Å². The molecule has 0 aliphatic heterocycles. The topological polar surface area (TPSA) is 42.2 Å². The number of nitrogens with zero attached hydrogens (tertiary/aromatic N) is 3. The van der Waals surface area contributed by atoms with Gasteiger partial charge in [-0.15, -0.1) is 0 Å². The van der Waals surface area contributed by atoms with Crippen LogP contribution in [0.15, 0.2) is 24.5 Å². The second-order valence-corrected chi connectivity index (χ2v) is 3.25. The summed E-state index contributed by atoms with van der Waals surface area (Å²) in [6.45, 7) is 4.17. The molecule has 2 aromatic heterocycles. The number of fused-ring (bicyclic) bond motifs is 1. The zero-order valence-electron chi connectivity index (χ0n) is 7.73. The number of hydrogen-bond acceptors (Lipinski definition) is 3. The minimum atomic E-state index is 0.401. The first kappa shape index (κ1) is 8.04. The van der Waals surface area contributed by atoms with Crippen molar-refractivity contribution in [2.45, 2.75) is 19.9 Å². The number of rotatable bonds is 2. The maximum absolute atomic E-state index is 4.36. The zero-order chi connectivity index (χ0) is 9.26. The lowest BCUT2D eigenvalue weighted by Crippen LogP contribution is -2.11. The zero-order valence-corrected chi connectivity index (χ0v) is 7.73. The highest BCUT2D eigenvalue weighted by Crippen LogP contribution is 2.06. The summed E-state index contributed by atoms with van der Waals surface area (Å²) in [5.41, 5.74) is 0.866. The van der Waals surface area contributed by atoms with E-state index in [1.807, 2.05) is 18.3 Å². The van der Waals surface area contributed by atoms with E-state index in [0.29, 0.717) is 6.04 Å². The predicted molar refractivity (Wildman–Crippen MR) is 51.7 cm³/mol. The Kier molecular flexibility index (Phi) is 1.88. The molecule has 0 fully saturated rings. The van der Waals surface area contributed by atoms with Crippen LogP contribution in [-0.4, -0.2) is 20.6 Å². The van der Waals surface area contributed by atoms with E-state index in [4.69, 9.17) is 0 Å². The molecular weight excluding hydrogens is 164 g/mol. The second-order valence-electron chi connectivity index (χ2n) is 3.25. The van der Waals surface area contributed by atoms with Crippen molar-refractivity contribution in [3.63, 3.8) is 0 Å². The molecule has 0 unspecified atom stereocenters. The van der Waals surface area contributed by atoms with Gasteiger partial charge >= 0.3 is 0 Å². The number of aromatic nitrogens is 3. The van der Waals surface area contributed by atoms with Gasteiger partial charge in [0.05, 0.1) is 6.20 Å². The fourth-order valence-corrected chi connectivity index (χ4v) is 1.19. The molecule has 0 aliphatic rings. The van der Waals surface area contributed by atoms with Crippen LogP contribution in [-0.2, 0) is 0 Å². The fourth-order valence-electron chi connectivity index (χ4n) is 1.19. The van der Waals surface area contributed by atoms with Crippen molar-refractivity contribution in [3.05, 3.63) is 24.5 Å². The third-order valence-corrected chi connectivity index (χ3v) is 1.69. The van der Waals surface area contributed by atoms with Gasteiger partial charge in [-0.2, -0.15) is 5.10 Å². The van der Waals surface area contributed by atoms with Gasteiger partial charge < -0.3 is 5.32 Å². The van der Waals surface area contributed by atoms with Gasteiger partial charge in [0.15, 0.2) is 5.65 Å². The molecule has 0 aromatic carbocycles. The van der Waals surface area contributed by atoms with Crippen molar-refractivity contribution in [3.8, 4) is 0 Å². The maximum Gasteiger partial charge on any atom is 0.157 e. The largest absolute Gasteiger partial charge is 0.368 e. The van der Waals surface area contributed by atoms with Crippen molar-refractivity contribution in [2.75, 3.05) is 5.32 Å². The Morgan fingerprint density at radius 1 is 1.38 bits per heavy atom. The maximum atomic E-state index is 4.36. The van der Waals surface area contributed by atoms with Gasteiger partial charge in [0.2, 0.25) is 0 Å². The van der Waals surface area contributed by atoms with E-state index in [-0.39, 0.29) is 0 Å². The predicted octanol–water partition coefficient (Wildman–Crippen LogP) is 1.55. The molecule has 68 valence electrons. The van der Waals surface area contributed by atoms with E-state index in [0.717, 1.165) is 11.5 Å². The molecule has 0 atom stereocenters. The van der Waals surface area contributed by atoms with E-state index >= 15 is 0 Å². The van der Waals surface area contributed by atoms with E-state index in [2.05, 4.69) is 29.2 Å². The summed E-state index contributed by atoms with van der Waals surface area (Å²) in [6.07, 6.45) is 3.63. The Morgan fingerprint density at radius 3 is 3.00 bits per heavy atom. The molecule has 0 amide bonds. The highest BCUT2D eigenvalue weighted by atomic mass is 15.2. The average molecular weight is 176 g/mol. The SMILES string of the molecule is CC(C)Nc1ccn2nccc2n1. The molecule has 1 N–H and O–H groups in total. The van der Waals surface area contributed by atoms with Crippen molar-refractivity contribution in [1.82, 2.24) is 14.6 Å². The minimum absolute atomic E-state index is 0.401. The van der Waals surface area contributed by atoms with Gasteiger partial charge in [0, 0.05) is 18.3 Å². The lowest BCUT2D eigenvalue weighted by Gasteiger charge is -2.08. The number of hydrogen-bond donors (Lipinski definition) is 1. The van der Waals surface area contributed by atoms with Crippen LogP contribution in [0.4, 0.5) is 5.82 Å². The molecule has 0 aliphatic carbocycles. The molecule has 2 aromatic rings. The first-order chi connectivity index (χ1) is 6.25. The highest BCUT2D eigenvalue weighted by Gasteiger charge is 1.98. The Bertz CT molecular complexity index is 405. The van der Waals surface area contributed by atoms with Crippen LogP contribution in [0, 0.1) is 0 Å². The molecular formula is C9H12N4. The Labute approximate surface area is 76.6 Å². The van der Waals surface area contributed by atoms with Crippen LogP contribution >= 0.6 is 0 Å². The van der Waals surface area contributed by atoms with Crippen molar-refractivity contribution < 1.29 is 0 Å². The monoisotopic (exact) mass is 176 g/mol. The molecule has 0 saturated heterocycles. The lowest BCUT2D eigenvalue weighted by atomic mass is 10.4. The van der Waals surface area contributed by atoms with Gasteiger partial charge in [0.25, 0.3) is 0 Å². The molecule has 2 rings (SSSR count). The quantitative estimate of drug-likeness (QED) is 0.754. The first-order valence-electron chi connectivity index (χ1n) is 4.32. The summed E-state index contributed by atoms with van der Waals surface area (Å²) in [7, 11) is 0. The Balaban J connectivity index is 2.37. The molecule has 0 spiro atoms. The Hall–Kier alpha value is -1.58. The summed E-state index contributed by atoms with van der Waals surface area (Å²) in [4.78, 5) is 4.36. The molecule has 2 heterocycles. The summed E-state index contributed by atoms with van der Waals surface area (Å²) in [5.74, 6) is 0.892. The van der Waals surface area contributed by atoms with E-state index in [1.165, 1.54) is 0 Å². The van der Waals surface area contributed by atoms with Crippen molar-refractivity contribution in [1.29, 1.82) is 0 Å². The van der Waals surface area contributed by atoms with Crippen LogP contribution in [0.25, 0.3) is 5.65 Å². The molecule has 0 radical (unpaired) electrons. The van der Waals surface area contributed by atoms with Crippen LogP contribution in [0.2, 0.25) is 0 Å². The summed E-state index contributed by atoms with van der Waals surface area (Å²) >= 11 is 0.